The van der Waals surface area contributed by atoms with E-state index in [4.69, 9.17) is 17.3 Å². The molecule has 2 fully saturated rings. The number of fused-ring (bicyclic) bond motifs is 2. The zero-order valence-electron chi connectivity index (χ0n) is 14.6. The summed E-state index contributed by atoms with van der Waals surface area (Å²) in [6.07, 6.45) is 2.61. The van der Waals surface area contributed by atoms with Crippen molar-refractivity contribution in [1.82, 2.24) is 10.2 Å². The molecule has 1 aliphatic carbocycles. The van der Waals surface area contributed by atoms with Gasteiger partial charge in [0.25, 0.3) is 0 Å². The molecule has 1 saturated heterocycles. The van der Waals surface area contributed by atoms with Crippen molar-refractivity contribution in [1.29, 1.82) is 0 Å². The van der Waals surface area contributed by atoms with E-state index in [1.165, 1.54) is 19.8 Å². The van der Waals surface area contributed by atoms with Gasteiger partial charge in [-0.05, 0) is 54.8 Å². The van der Waals surface area contributed by atoms with Crippen LogP contribution in [-0.4, -0.2) is 36.3 Å². The quantitative estimate of drug-likeness (QED) is 0.843. The van der Waals surface area contributed by atoms with Crippen LogP contribution in [-0.2, 0) is 9.59 Å². The van der Waals surface area contributed by atoms with E-state index in [-0.39, 0.29) is 24.3 Å². The molecule has 1 saturated carbocycles. The predicted octanol–water partition coefficient (Wildman–Crippen LogP) is 2.35. The molecule has 0 aromatic heterocycles. The van der Waals surface area contributed by atoms with Crippen LogP contribution >= 0.6 is 11.6 Å². The molecule has 2 aliphatic rings. The van der Waals surface area contributed by atoms with Gasteiger partial charge in [-0.1, -0.05) is 23.7 Å². The molecule has 2 amide bonds. The summed E-state index contributed by atoms with van der Waals surface area (Å²) in [5, 5.41) is 3.53. The molecule has 3 unspecified atom stereocenters. The van der Waals surface area contributed by atoms with Crippen molar-refractivity contribution in [3.8, 4) is 0 Å². The minimum absolute atomic E-state index is 0.0982. The highest BCUT2D eigenvalue weighted by Crippen LogP contribution is 2.41. The number of amides is 2. The number of nitrogens with zero attached hydrogens (tertiary/aromatic N) is 1. The van der Waals surface area contributed by atoms with Crippen LogP contribution in [0.5, 0.6) is 0 Å². The number of rotatable bonds is 5. The van der Waals surface area contributed by atoms with Crippen molar-refractivity contribution in [3.05, 3.63) is 34.9 Å². The van der Waals surface area contributed by atoms with E-state index in [0.29, 0.717) is 22.8 Å². The average Bonchev–Trinajstić information content (AvgIpc) is 2.82. The lowest BCUT2D eigenvalue weighted by atomic mass is 9.85. The summed E-state index contributed by atoms with van der Waals surface area (Å²) in [6, 6.07) is 6.96. The minimum atomic E-state index is -0.327. The average molecular weight is 364 g/mol. The highest BCUT2D eigenvalue weighted by molar-refractivity contribution is 6.30. The van der Waals surface area contributed by atoms with Gasteiger partial charge in [0.2, 0.25) is 11.8 Å². The third-order valence-corrected chi connectivity index (χ3v) is 5.93. The Kier molecular flexibility index (Phi) is 5.64. The molecule has 3 N–H and O–H groups in total. The van der Waals surface area contributed by atoms with Crippen LogP contribution in [0.3, 0.4) is 0 Å². The molecule has 136 valence electrons. The number of nitrogens with two attached hydrogens (primary N) is 1. The van der Waals surface area contributed by atoms with Crippen molar-refractivity contribution in [2.45, 2.75) is 32.2 Å². The summed E-state index contributed by atoms with van der Waals surface area (Å²) >= 11 is 5.94. The minimum Gasteiger partial charge on any atom is -0.349 e. The SMILES string of the molecule is CC(=O)NC(CC(=O)N1CC2CCC(C1)C2CN)c1ccc(Cl)cc1. The predicted molar refractivity (Wildman–Crippen MR) is 98.0 cm³/mol. The first-order chi connectivity index (χ1) is 12.0. The molecule has 1 aromatic rings. The number of halogens is 1. The molecule has 6 heteroatoms. The van der Waals surface area contributed by atoms with Crippen LogP contribution in [0.2, 0.25) is 5.02 Å². The summed E-state index contributed by atoms with van der Waals surface area (Å²) < 4.78 is 0. The van der Waals surface area contributed by atoms with E-state index in [0.717, 1.165) is 25.2 Å². The molecular formula is C19H26ClN3O2. The zero-order valence-corrected chi connectivity index (χ0v) is 15.3. The van der Waals surface area contributed by atoms with Crippen molar-refractivity contribution < 1.29 is 9.59 Å². The normalized spacial score (nSPS) is 26.4. The monoisotopic (exact) mass is 363 g/mol. The Morgan fingerprint density at radius 2 is 1.84 bits per heavy atom. The number of hydrogen-bond acceptors (Lipinski definition) is 3. The zero-order chi connectivity index (χ0) is 18.0. The summed E-state index contributed by atoms with van der Waals surface area (Å²) in [4.78, 5) is 26.4. The van der Waals surface area contributed by atoms with Gasteiger partial charge in [0.05, 0.1) is 12.5 Å². The van der Waals surface area contributed by atoms with Crippen LogP contribution in [0.1, 0.15) is 37.8 Å². The standard InChI is InChI=1S/C19H26ClN3O2/c1-12(24)22-18(13-4-6-16(20)7-5-13)8-19(25)23-10-14-2-3-15(11-23)17(14)9-21/h4-7,14-15,17-18H,2-3,8-11,21H2,1H3,(H,22,24). The summed E-state index contributed by atoms with van der Waals surface area (Å²) in [5.41, 5.74) is 6.80. The molecule has 3 rings (SSSR count). The molecule has 0 spiro atoms. The van der Waals surface area contributed by atoms with E-state index in [2.05, 4.69) is 5.32 Å². The van der Waals surface area contributed by atoms with E-state index in [1.807, 2.05) is 17.0 Å². The van der Waals surface area contributed by atoms with Gasteiger partial charge in [-0.25, -0.2) is 0 Å². The number of piperidine rings is 1. The van der Waals surface area contributed by atoms with Crippen LogP contribution in [0.25, 0.3) is 0 Å². The number of carbonyl (C=O) groups is 2. The van der Waals surface area contributed by atoms with Crippen molar-refractivity contribution in [3.63, 3.8) is 0 Å². The van der Waals surface area contributed by atoms with Gasteiger partial charge in [-0.3, -0.25) is 9.59 Å². The Labute approximate surface area is 153 Å². The number of hydrogen-bond donors (Lipinski definition) is 2. The molecule has 1 aliphatic heterocycles. The van der Waals surface area contributed by atoms with Gasteiger partial charge in [-0.15, -0.1) is 0 Å². The summed E-state index contributed by atoms with van der Waals surface area (Å²) in [6.45, 7) is 3.78. The van der Waals surface area contributed by atoms with Crippen molar-refractivity contribution in [2.75, 3.05) is 19.6 Å². The summed E-state index contributed by atoms with van der Waals surface area (Å²) in [5.74, 6) is 1.58. The Balaban J connectivity index is 1.68. The maximum absolute atomic E-state index is 12.9. The van der Waals surface area contributed by atoms with E-state index in [1.54, 1.807) is 12.1 Å². The summed E-state index contributed by atoms with van der Waals surface area (Å²) in [7, 11) is 0. The van der Waals surface area contributed by atoms with Crippen LogP contribution in [0.15, 0.2) is 24.3 Å². The third-order valence-electron chi connectivity index (χ3n) is 5.68. The number of carbonyl (C=O) groups excluding carboxylic acids is 2. The topological polar surface area (TPSA) is 75.4 Å². The largest absolute Gasteiger partial charge is 0.349 e. The first-order valence-electron chi connectivity index (χ1n) is 8.98. The lowest BCUT2D eigenvalue weighted by molar-refractivity contribution is -0.135. The second-order valence-corrected chi connectivity index (χ2v) is 7.74. The fourth-order valence-electron chi connectivity index (χ4n) is 4.42. The molecule has 1 aromatic carbocycles. The number of likely N-dealkylation sites (tertiary alicyclic amines) is 1. The first kappa shape index (κ1) is 18.2. The Morgan fingerprint density at radius 3 is 2.36 bits per heavy atom. The van der Waals surface area contributed by atoms with Gasteiger partial charge in [0.1, 0.15) is 0 Å². The van der Waals surface area contributed by atoms with Gasteiger partial charge >= 0.3 is 0 Å². The second-order valence-electron chi connectivity index (χ2n) is 7.30. The number of nitrogens with one attached hydrogen (secondary N) is 1. The van der Waals surface area contributed by atoms with E-state index in [9.17, 15) is 9.59 Å². The first-order valence-corrected chi connectivity index (χ1v) is 9.36. The molecule has 1 heterocycles. The molecule has 3 atom stereocenters. The van der Waals surface area contributed by atoms with Crippen molar-refractivity contribution >= 4 is 23.4 Å². The third kappa shape index (κ3) is 4.15. The smallest absolute Gasteiger partial charge is 0.225 e. The fraction of sp³-hybridized carbons (Fsp3) is 0.579. The Bertz CT molecular complexity index is 620. The maximum atomic E-state index is 12.9. The van der Waals surface area contributed by atoms with E-state index >= 15 is 0 Å². The van der Waals surface area contributed by atoms with Gasteiger partial charge in [0, 0.05) is 25.0 Å². The fourth-order valence-corrected chi connectivity index (χ4v) is 4.55. The molecule has 5 nitrogen and oxygen atoms in total. The molecule has 2 bridgehead atoms. The van der Waals surface area contributed by atoms with Crippen LogP contribution in [0.4, 0.5) is 0 Å². The Hall–Kier alpha value is -1.59. The van der Waals surface area contributed by atoms with Gasteiger partial charge < -0.3 is 16.0 Å². The lowest BCUT2D eigenvalue weighted by Crippen LogP contribution is -2.47. The highest BCUT2D eigenvalue weighted by Gasteiger charge is 2.42. The van der Waals surface area contributed by atoms with Crippen molar-refractivity contribution in [2.24, 2.45) is 23.5 Å². The highest BCUT2D eigenvalue weighted by atomic mass is 35.5. The Morgan fingerprint density at radius 1 is 1.24 bits per heavy atom. The lowest BCUT2D eigenvalue weighted by Gasteiger charge is -2.38. The maximum Gasteiger partial charge on any atom is 0.225 e. The second kappa shape index (κ2) is 7.75. The van der Waals surface area contributed by atoms with Gasteiger partial charge in [-0.2, -0.15) is 0 Å². The van der Waals surface area contributed by atoms with Crippen LogP contribution < -0.4 is 11.1 Å². The number of benzene rings is 1. The molecular weight excluding hydrogens is 338 g/mol. The molecule has 25 heavy (non-hydrogen) atoms. The van der Waals surface area contributed by atoms with Gasteiger partial charge in [0.15, 0.2) is 0 Å². The van der Waals surface area contributed by atoms with E-state index < -0.39 is 0 Å². The van der Waals surface area contributed by atoms with Crippen LogP contribution in [0, 0.1) is 17.8 Å². The molecule has 0 radical (unpaired) electrons.